The molecule has 4 rings (SSSR count). The summed E-state index contributed by atoms with van der Waals surface area (Å²) in [6.45, 7) is 0.0909. The van der Waals surface area contributed by atoms with Crippen molar-refractivity contribution < 1.29 is 4.79 Å². The van der Waals surface area contributed by atoms with Crippen LogP contribution in [0.1, 0.15) is 0 Å². The average molecular weight is 345 g/mol. The molecule has 8 heteroatoms. The van der Waals surface area contributed by atoms with E-state index in [1.807, 2.05) is 30.3 Å². The fourth-order valence-electron chi connectivity index (χ4n) is 2.55. The maximum atomic E-state index is 12.4. The van der Waals surface area contributed by atoms with Gasteiger partial charge in [-0.2, -0.15) is 10.2 Å². The van der Waals surface area contributed by atoms with Crippen LogP contribution >= 0.6 is 0 Å². The molecule has 26 heavy (non-hydrogen) atoms. The highest BCUT2D eigenvalue weighted by atomic mass is 16.2. The smallest absolute Gasteiger partial charge is 0.247 e. The van der Waals surface area contributed by atoms with Gasteiger partial charge in [-0.3, -0.25) is 9.48 Å². The van der Waals surface area contributed by atoms with Crippen LogP contribution in [0.2, 0.25) is 0 Å². The molecule has 0 fully saturated rings. The number of carbonyl (C=O) groups is 1. The van der Waals surface area contributed by atoms with Gasteiger partial charge in [0, 0.05) is 35.8 Å². The zero-order valence-electron chi connectivity index (χ0n) is 13.7. The zero-order valence-corrected chi connectivity index (χ0v) is 13.7. The number of amides is 1. The summed E-state index contributed by atoms with van der Waals surface area (Å²) < 4.78 is 3.24. The SMILES string of the molecule is O=C(Cn1cc(-c2cncnc2)cn1)Nc1ccnn1-c1ccccc1. The van der Waals surface area contributed by atoms with Crippen LogP contribution in [0.4, 0.5) is 5.82 Å². The van der Waals surface area contributed by atoms with E-state index in [2.05, 4.69) is 25.5 Å². The largest absolute Gasteiger partial charge is 0.309 e. The summed E-state index contributed by atoms with van der Waals surface area (Å²) in [5.41, 5.74) is 2.58. The van der Waals surface area contributed by atoms with E-state index in [-0.39, 0.29) is 12.5 Å². The van der Waals surface area contributed by atoms with Gasteiger partial charge in [-0.05, 0) is 12.1 Å². The fraction of sp³-hybridized carbons (Fsp3) is 0.0556. The average Bonchev–Trinajstić information content (AvgIpc) is 3.33. The molecule has 0 aliphatic carbocycles. The quantitative estimate of drug-likeness (QED) is 0.598. The summed E-state index contributed by atoms with van der Waals surface area (Å²) in [7, 11) is 0. The minimum atomic E-state index is -0.193. The van der Waals surface area contributed by atoms with E-state index in [0.717, 1.165) is 16.8 Å². The van der Waals surface area contributed by atoms with Crippen LogP contribution in [0.3, 0.4) is 0 Å². The van der Waals surface area contributed by atoms with E-state index in [1.54, 1.807) is 46.4 Å². The predicted octanol–water partition coefficient (Wildman–Crippen LogP) is 2.16. The van der Waals surface area contributed by atoms with Crippen LogP contribution in [-0.4, -0.2) is 35.4 Å². The summed E-state index contributed by atoms with van der Waals surface area (Å²) >= 11 is 0. The molecule has 3 heterocycles. The Morgan fingerprint density at radius 2 is 1.77 bits per heavy atom. The maximum Gasteiger partial charge on any atom is 0.247 e. The number of rotatable bonds is 5. The van der Waals surface area contributed by atoms with Gasteiger partial charge >= 0.3 is 0 Å². The predicted molar refractivity (Wildman–Crippen MR) is 95.4 cm³/mol. The Bertz CT molecular complexity index is 1010. The number of hydrogen-bond donors (Lipinski definition) is 1. The highest BCUT2D eigenvalue weighted by Gasteiger charge is 2.10. The molecule has 1 amide bonds. The van der Waals surface area contributed by atoms with E-state index < -0.39 is 0 Å². The van der Waals surface area contributed by atoms with Crippen molar-refractivity contribution in [1.82, 2.24) is 29.5 Å². The number of carbonyl (C=O) groups excluding carboxylic acids is 1. The molecule has 128 valence electrons. The van der Waals surface area contributed by atoms with Crippen LogP contribution in [0.5, 0.6) is 0 Å². The molecule has 8 nitrogen and oxygen atoms in total. The van der Waals surface area contributed by atoms with Gasteiger partial charge in [0.15, 0.2) is 0 Å². The fourth-order valence-corrected chi connectivity index (χ4v) is 2.55. The van der Waals surface area contributed by atoms with Gasteiger partial charge in [0.25, 0.3) is 0 Å². The topological polar surface area (TPSA) is 90.5 Å². The summed E-state index contributed by atoms with van der Waals surface area (Å²) in [5.74, 6) is 0.409. The van der Waals surface area contributed by atoms with Crippen molar-refractivity contribution in [2.75, 3.05) is 5.32 Å². The first-order chi connectivity index (χ1) is 12.8. The first-order valence-corrected chi connectivity index (χ1v) is 7.97. The molecule has 0 aliphatic heterocycles. The number of nitrogens with one attached hydrogen (secondary N) is 1. The van der Waals surface area contributed by atoms with E-state index in [1.165, 1.54) is 6.33 Å². The van der Waals surface area contributed by atoms with Crippen LogP contribution in [-0.2, 0) is 11.3 Å². The van der Waals surface area contributed by atoms with Gasteiger partial charge in [-0.15, -0.1) is 0 Å². The lowest BCUT2D eigenvalue weighted by Crippen LogP contribution is -2.20. The first kappa shape index (κ1) is 15.7. The van der Waals surface area contributed by atoms with Crippen molar-refractivity contribution >= 4 is 11.7 Å². The normalized spacial score (nSPS) is 10.6. The van der Waals surface area contributed by atoms with Crippen molar-refractivity contribution in [3.63, 3.8) is 0 Å². The molecule has 0 bridgehead atoms. The third-order valence-electron chi connectivity index (χ3n) is 3.74. The second-order valence-corrected chi connectivity index (χ2v) is 5.57. The number of anilines is 1. The third-order valence-corrected chi connectivity index (χ3v) is 3.74. The number of aromatic nitrogens is 6. The van der Waals surface area contributed by atoms with Gasteiger partial charge in [-0.1, -0.05) is 18.2 Å². The Morgan fingerprint density at radius 1 is 0.962 bits per heavy atom. The van der Waals surface area contributed by atoms with E-state index in [9.17, 15) is 4.79 Å². The lowest BCUT2D eigenvalue weighted by molar-refractivity contribution is -0.116. The Labute approximate surface area is 149 Å². The summed E-state index contributed by atoms with van der Waals surface area (Å²) in [5, 5.41) is 11.3. The lowest BCUT2D eigenvalue weighted by atomic mass is 10.2. The molecule has 3 aromatic heterocycles. The maximum absolute atomic E-state index is 12.4. The molecular formula is C18H15N7O. The van der Waals surface area contributed by atoms with Crippen molar-refractivity contribution in [2.45, 2.75) is 6.54 Å². The second kappa shape index (κ2) is 6.98. The van der Waals surface area contributed by atoms with Gasteiger partial charge in [0.05, 0.1) is 18.1 Å². The molecule has 0 atom stereocenters. The molecule has 0 spiro atoms. The summed E-state index contributed by atoms with van der Waals surface area (Å²) in [6.07, 6.45) is 9.98. The van der Waals surface area contributed by atoms with Crippen LogP contribution in [0.15, 0.2) is 73.7 Å². The van der Waals surface area contributed by atoms with Crippen LogP contribution < -0.4 is 5.32 Å². The van der Waals surface area contributed by atoms with E-state index >= 15 is 0 Å². The first-order valence-electron chi connectivity index (χ1n) is 7.97. The molecule has 0 saturated carbocycles. The number of hydrogen-bond acceptors (Lipinski definition) is 5. The third kappa shape index (κ3) is 3.34. The van der Waals surface area contributed by atoms with Gasteiger partial charge in [0.1, 0.15) is 18.7 Å². The molecule has 0 aliphatic rings. The Balaban J connectivity index is 1.46. The zero-order chi connectivity index (χ0) is 17.8. The minimum absolute atomic E-state index is 0.0909. The molecule has 0 unspecified atom stereocenters. The van der Waals surface area contributed by atoms with Gasteiger partial charge in [0.2, 0.25) is 5.91 Å². The van der Waals surface area contributed by atoms with Crippen molar-refractivity contribution in [2.24, 2.45) is 0 Å². The minimum Gasteiger partial charge on any atom is -0.309 e. The molecule has 0 radical (unpaired) electrons. The van der Waals surface area contributed by atoms with Crippen molar-refractivity contribution in [3.05, 3.63) is 73.7 Å². The molecule has 1 aromatic carbocycles. The van der Waals surface area contributed by atoms with E-state index in [4.69, 9.17) is 0 Å². The van der Waals surface area contributed by atoms with Crippen molar-refractivity contribution in [1.29, 1.82) is 0 Å². The standard InChI is InChI=1S/C18H15N7O/c26-18(12-24-11-15(10-22-24)14-8-19-13-20-9-14)23-17-6-7-21-25(17)16-4-2-1-3-5-16/h1-11,13H,12H2,(H,23,26). The Kier molecular flexibility index (Phi) is 4.21. The number of para-hydroxylation sites is 1. The second-order valence-electron chi connectivity index (χ2n) is 5.57. The van der Waals surface area contributed by atoms with Gasteiger partial charge in [-0.25, -0.2) is 14.6 Å². The molecule has 0 saturated heterocycles. The highest BCUT2D eigenvalue weighted by molar-refractivity contribution is 5.90. The number of nitrogens with zero attached hydrogens (tertiary/aromatic N) is 6. The summed E-state index contributed by atoms with van der Waals surface area (Å²) in [4.78, 5) is 20.3. The summed E-state index contributed by atoms with van der Waals surface area (Å²) in [6, 6.07) is 11.4. The van der Waals surface area contributed by atoms with Crippen LogP contribution in [0.25, 0.3) is 16.8 Å². The Morgan fingerprint density at radius 3 is 2.58 bits per heavy atom. The molecule has 1 N–H and O–H groups in total. The van der Waals surface area contributed by atoms with Crippen LogP contribution in [0, 0.1) is 0 Å². The Hall–Kier alpha value is -3.81. The van der Waals surface area contributed by atoms with E-state index in [0.29, 0.717) is 5.82 Å². The van der Waals surface area contributed by atoms with Crippen molar-refractivity contribution in [3.8, 4) is 16.8 Å². The molecular weight excluding hydrogens is 330 g/mol. The highest BCUT2D eigenvalue weighted by Crippen LogP contribution is 2.16. The monoisotopic (exact) mass is 345 g/mol. The lowest BCUT2D eigenvalue weighted by Gasteiger charge is -2.09. The number of benzene rings is 1. The molecule has 4 aromatic rings. The van der Waals surface area contributed by atoms with Gasteiger partial charge < -0.3 is 5.32 Å².